The predicted molar refractivity (Wildman–Crippen MR) is 107 cm³/mol. The van der Waals surface area contributed by atoms with E-state index in [1.54, 1.807) is 24.3 Å². The molecule has 0 bridgehead atoms. The molecule has 150 valence electrons. The minimum atomic E-state index is -0.264. The van der Waals surface area contributed by atoms with E-state index in [-0.39, 0.29) is 17.7 Å². The lowest BCUT2D eigenvalue weighted by Gasteiger charge is -2.09. The number of amides is 3. The third-order valence-electron chi connectivity index (χ3n) is 4.02. The van der Waals surface area contributed by atoms with Gasteiger partial charge in [0, 0.05) is 37.2 Å². The second-order valence-electron chi connectivity index (χ2n) is 6.36. The molecule has 7 heteroatoms. The van der Waals surface area contributed by atoms with Crippen LogP contribution in [0.5, 0.6) is 0 Å². The molecule has 0 unspecified atom stereocenters. The number of hydrogen-bond acceptors (Lipinski definition) is 4. The van der Waals surface area contributed by atoms with Crippen molar-refractivity contribution in [3.63, 3.8) is 0 Å². The molecule has 0 fully saturated rings. The van der Waals surface area contributed by atoms with Crippen molar-refractivity contribution in [1.82, 2.24) is 21.3 Å². The van der Waals surface area contributed by atoms with Gasteiger partial charge in [-0.3, -0.25) is 14.4 Å². The molecule has 0 aliphatic rings. The summed E-state index contributed by atoms with van der Waals surface area (Å²) in [6, 6.07) is 6.64. The molecular weight excluding hydrogens is 344 g/mol. The van der Waals surface area contributed by atoms with Gasteiger partial charge in [0.2, 0.25) is 5.91 Å². The van der Waals surface area contributed by atoms with Crippen LogP contribution in [-0.4, -0.2) is 50.9 Å². The number of benzene rings is 1. The second kappa shape index (κ2) is 13.7. The van der Waals surface area contributed by atoms with E-state index in [4.69, 9.17) is 0 Å². The van der Waals surface area contributed by atoms with Gasteiger partial charge in [0.25, 0.3) is 11.8 Å². The Hall–Kier alpha value is -2.41. The van der Waals surface area contributed by atoms with Crippen molar-refractivity contribution in [2.75, 3.05) is 33.2 Å². The first-order valence-corrected chi connectivity index (χ1v) is 9.66. The van der Waals surface area contributed by atoms with Crippen molar-refractivity contribution in [3.05, 3.63) is 35.4 Å². The van der Waals surface area contributed by atoms with E-state index in [9.17, 15) is 14.4 Å². The molecule has 4 N–H and O–H groups in total. The van der Waals surface area contributed by atoms with E-state index in [2.05, 4.69) is 28.2 Å². The molecule has 0 atom stereocenters. The van der Waals surface area contributed by atoms with Crippen LogP contribution in [0.2, 0.25) is 0 Å². The zero-order valence-electron chi connectivity index (χ0n) is 16.4. The minimum Gasteiger partial charge on any atom is -0.354 e. The summed E-state index contributed by atoms with van der Waals surface area (Å²) in [6.45, 7) is 4.26. The highest BCUT2D eigenvalue weighted by molar-refractivity contribution is 5.99. The highest BCUT2D eigenvalue weighted by Crippen LogP contribution is 2.05. The quantitative estimate of drug-likeness (QED) is 0.392. The standard InChI is InChI=1S/C20H32N4O3/c1-3-4-5-12-23-19(26)16-8-6-9-17(15-16)20(27)24-14-13-22-18(25)10-7-11-21-2/h6,8-9,15,21H,3-5,7,10-14H2,1-2H3,(H,22,25)(H,23,26)(H,24,27). The molecule has 1 rings (SSSR count). The molecule has 1 aromatic rings. The molecule has 27 heavy (non-hydrogen) atoms. The molecule has 0 aliphatic heterocycles. The first kappa shape index (κ1) is 22.6. The smallest absolute Gasteiger partial charge is 0.251 e. The summed E-state index contributed by atoms with van der Waals surface area (Å²) >= 11 is 0. The first-order chi connectivity index (χ1) is 13.1. The van der Waals surface area contributed by atoms with E-state index in [0.29, 0.717) is 37.2 Å². The molecule has 0 aliphatic carbocycles. The topological polar surface area (TPSA) is 99.3 Å². The molecule has 3 amide bonds. The molecule has 0 heterocycles. The predicted octanol–water partition coefficient (Wildman–Crippen LogP) is 1.45. The third-order valence-corrected chi connectivity index (χ3v) is 4.02. The van der Waals surface area contributed by atoms with E-state index in [0.717, 1.165) is 32.2 Å². The van der Waals surface area contributed by atoms with E-state index >= 15 is 0 Å². The van der Waals surface area contributed by atoms with Crippen LogP contribution in [0.3, 0.4) is 0 Å². The highest BCUT2D eigenvalue weighted by atomic mass is 16.2. The van der Waals surface area contributed by atoms with Gasteiger partial charge in [-0.15, -0.1) is 0 Å². The van der Waals surface area contributed by atoms with Crippen molar-refractivity contribution in [3.8, 4) is 0 Å². The molecule has 0 saturated heterocycles. The second-order valence-corrected chi connectivity index (χ2v) is 6.36. The van der Waals surface area contributed by atoms with E-state index in [1.807, 2.05) is 7.05 Å². The molecule has 0 saturated carbocycles. The fourth-order valence-corrected chi connectivity index (χ4v) is 2.47. The van der Waals surface area contributed by atoms with Crippen LogP contribution in [0, 0.1) is 0 Å². The van der Waals surface area contributed by atoms with Crippen LogP contribution < -0.4 is 21.3 Å². The Morgan fingerprint density at radius 1 is 0.815 bits per heavy atom. The van der Waals surface area contributed by atoms with Crippen molar-refractivity contribution in [1.29, 1.82) is 0 Å². The normalized spacial score (nSPS) is 10.3. The fraction of sp³-hybridized carbons (Fsp3) is 0.550. The van der Waals surface area contributed by atoms with Crippen LogP contribution in [-0.2, 0) is 4.79 Å². The van der Waals surface area contributed by atoms with E-state index < -0.39 is 0 Å². The molecule has 7 nitrogen and oxygen atoms in total. The van der Waals surface area contributed by atoms with Gasteiger partial charge in [0.1, 0.15) is 0 Å². The Bertz CT molecular complexity index is 605. The van der Waals surface area contributed by atoms with Crippen LogP contribution in [0.25, 0.3) is 0 Å². The number of carbonyl (C=O) groups is 3. The summed E-state index contributed by atoms with van der Waals surface area (Å²) < 4.78 is 0. The number of unbranched alkanes of at least 4 members (excludes halogenated alkanes) is 2. The van der Waals surface area contributed by atoms with Crippen molar-refractivity contribution in [2.45, 2.75) is 39.0 Å². The lowest BCUT2D eigenvalue weighted by atomic mass is 10.1. The summed E-state index contributed by atoms with van der Waals surface area (Å²) in [7, 11) is 1.85. The van der Waals surface area contributed by atoms with Gasteiger partial charge in [0.05, 0.1) is 0 Å². The van der Waals surface area contributed by atoms with Crippen LogP contribution in [0.15, 0.2) is 24.3 Å². The van der Waals surface area contributed by atoms with Gasteiger partial charge in [0.15, 0.2) is 0 Å². The van der Waals surface area contributed by atoms with Gasteiger partial charge in [-0.1, -0.05) is 25.8 Å². The fourth-order valence-electron chi connectivity index (χ4n) is 2.47. The maximum Gasteiger partial charge on any atom is 0.251 e. The minimum absolute atomic E-state index is 0.0266. The first-order valence-electron chi connectivity index (χ1n) is 9.66. The van der Waals surface area contributed by atoms with Crippen LogP contribution in [0.1, 0.15) is 59.7 Å². The van der Waals surface area contributed by atoms with Gasteiger partial charge in [-0.25, -0.2) is 0 Å². The van der Waals surface area contributed by atoms with Crippen molar-refractivity contribution < 1.29 is 14.4 Å². The maximum absolute atomic E-state index is 12.2. The zero-order valence-corrected chi connectivity index (χ0v) is 16.4. The number of rotatable bonds is 13. The highest BCUT2D eigenvalue weighted by Gasteiger charge is 2.10. The van der Waals surface area contributed by atoms with Gasteiger partial charge >= 0.3 is 0 Å². The summed E-state index contributed by atoms with van der Waals surface area (Å²) in [5.74, 6) is -0.462. The molecule has 0 spiro atoms. The lowest BCUT2D eigenvalue weighted by Crippen LogP contribution is -2.35. The van der Waals surface area contributed by atoms with Gasteiger partial charge in [-0.2, -0.15) is 0 Å². The Morgan fingerprint density at radius 2 is 1.44 bits per heavy atom. The number of nitrogens with one attached hydrogen (secondary N) is 4. The Labute approximate surface area is 161 Å². The molecule has 1 aromatic carbocycles. The number of hydrogen-bond donors (Lipinski definition) is 4. The van der Waals surface area contributed by atoms with E-state index in [1.165, 1.54) is 0 Å². The SMILES string of the molecule is CCCCCNC(=O)c1cccc(C(=O)NCCNC(=O)CCCNC)c1. The molecule has 0 aromatic heterocycles. The summed E-state index contributed by atoms with van der Waals surface area (Å²) in [4.78, 5) is 35.9. The summed E-state index contributed by atoms with van der Waals surface area (Å²) in [5.41, 5.74) is 0.897. The zero-order chi connectivity index (χ0) is 19.9. The Balaban J connectivity index is 2.36. The maximum atomic E-state index is 12.2. The molecular formula is C20H32N4O3. The van der Waals surface area contributed by atoms with Crippen molar-refractivity contribution >= 4 is 17.7 Å². The Morgan fingerprint density at radius 3 is 2.07 bits per heavy atom. The summed E-state index contributed by atoms with van der Waals surface area (Å²) in [6.07, 6.45) is 4.37. The van der Waals surface area contributed by atoms with Gasteiger partial charge in [-0.05, 0) is 44.6 Å². The number of carbonyl (C=O) groups excluding carboxylic acids is 3. The third kappa shape index (κ3) is 9.75. The lowest BCUT2D eigenvalue weighted by molar-refractivity contribution is -0.121. The molecule has 0 radical (unpaired) electrons. The van der Waals surface area contributed by atoms with Gasteiger partial charge < -0.3 is 21.3 Å². The largest absolute Gasteiger partial charge is 0.354 e. The summed E-state index contributed by atoms with van der Waals surface area (Å²) in [5, 5.41) is 11.4. The van der Waals surface area contributed by atoms with Crippen LogP contribution >= 0.6 is 0 Å². The van der Waals surface area contributed by atoms with Crippen LogP contribution in [0.4, 0.5) is 0 Å². The van der Waals surface area contributed by atoms with Crippen molar-refractivity contribution in [2.24, 2.45) is 0 Å². The average Bonchev–Trinajstić information content (AvgIpc) is 2.68. The monoisotopic (exact) mass is 376 g/mol. The Kier molecular flexibility index (Phi) is 11.5. The average molecular weight is 377 g/mol.